The van der Waals surface area contributed by atoms with Crippen molar-refractivity contribution in [1.82, 2.24) is 9.88 Å². The summed E-state index contributed by atoms with van der Waals surface area (Å²) in [7, 11) is 3.98. The average Bonchev–Trinajstić information content (AvgIpc) is 3.11. The molecule has 0 spiro atoms. The van der Waals surface area contributed by atoms with Gasteiger partial charge in [-0.1, -0.05) is 42.3 Å². The summed E-state index contributed by atoms with van der Waals surface area (Å²) in [6.07, 6.45) is 2.06. The van der Waals surface area contributed by atoms with Crippen LogP contribution in [0.5, 0.6) is 5.75 Å². The third-order valence-corrected chi connectivity index (χ3v) is 5.71. The van der Waals surface area contributed by atoms with E-state index in [0.29, 0.717) is 34.6 Å². The molecule has 1 amide bonds. The molecule has 7 heteroatoms. The number of rotatable bonds is 9. The summed E-state index contributed by atoms with van der Waals surface area (Å²) in [4.78, 5) is 21.8. The Balaban J connectivity index is 1.89. The highest BCUT2D eigenvalue weighted by Gasteiger charge is 2.22. The zero-order valence-electron chi connectivity index (χ0n) is 17.0. The predicted molar refractivity (Wildman–Crippen MR) is 122 cm³/mol. The first-order valence-corrected chi connectivity index (χ1v) is 10.9. The number of ether oxygens (including phenoxy) is 1. The molecular formula is C22H26ClN3O2S. The van der Waals surface area contributed by atoms with Gasteiger partial charge in [-0.2, -0.15) is 0 Å². The summed E-state index contributed by atoms with van der Waals surface area (Å²) in [6, 6.07) is 13.0. The summed E-state index contributed by atoms with van der Waals surface area (Å²) < 4.78 is 6.74. The first-order chi connectivity index (χ1) is 14.0. The largest absolute Gasteiger partial charge is 0.494 e. The van der Waals surface area contributed by atoms with Crippen LogP contribution in [0, 0.1) is 0 Å². The fourth-order valence-electron chi connectivity index (χ4n) is 2.79. The van der Waals surface area contributed by atoms with E-state index in [1.807, 2.05) is 56.6 Å². The Kier molecular flexibility index (Phi) is 7.47. The second-order valence-electron chi connectivity index (χ2n) is 7.10. The quantitative estimate of drug-likeness (QED) is 0.429. The fraction of sp³-hybridized carbons (Fsp3) is 0.364. The van der Waals surface area contributed by atoms with Gasteiger partial charge in [0.05, 0.1) is 16.8 Å². The zero-order chi connectivity index (χ0) is 20.8. The predicted octanol–water partition coefficient (Wildman–Crippen LogP) is 5.34. The minimum absolute atomic E-state index is 0.0852. The SMILES string of the molecule is CCCCOc1cccc(C(=O)N(CCN(C)C)c2nc3ccc(Cl)cc3s2)c1. The van der Waals surface area contributed by atoms with Gasteiger partial charge in [-0.25, -0.2) is 4.98 Å². The summed E-state index contributed by atoms with van der Waals surface area (Å²) in [6.45, 7) is 4.05. The van der Waals surface area contributed by atoms with Crippen LogP contribution in [0.3, 0.4) is 0 Å². The Hall–Kier alpha value is -2.15. The van der Waals surface area contributed by atoms with Crippen molar-refractivity contribution >= 4 is 44.2 Å². The van der Waals surface area contributed by atoms with E-state index in [-0.39, 0.29) is 5.91 Å². The topological polar surface area (TPSA) is 45.7 Å². The number of aromatic nitrogens is 1. The van der Waals surface area contributed by atoms with E-state index in [1.54, 1.807) is 4.90 Å². The van der Waals surface area contributed by atoms with E-state index in [9.17, 15) is 4.79 Å². The molecule has 5 nitrogen and oxygen atoms in total. The van der Waals surface area contributed by atoms with E-state index >= 15 is 0 Å². The Morgan fingerprint density at radius 2 is 2.00 bits per heavy atom. The molecule has 3 aromatic rings. The van der Waals surface area contributed by atoms with Gasteiger partial charge in [-0.05, 0) is 56.9 Å². The van der Waals surface area contributed by atoms with Gasteiger partial charge in [0.2, 0.25) is 0 Å². The smallest absolute Gasteiger partial charge is 0.260 e. The van der Waals surface area contributed by atoms with Crippen molar-refractivity contribution in [2.45, 2.75) is 19.8 Å². The van der Waals surface area contributed by atoms with Crippen LogP contribution in [-0.2, 0) is 0 Å². The molecule has 0 bridgehead atoms. The summed E-state index contributed by atoms with van der Waals surface area (Å²) in [5.74, 6) is 0.630. The number of hydrogen-bond acceptors (Lipinski definition) is 5. The Labute approximate surface area is 180 Å². The minimum atomic E-state index is -0.0852. The number of likely N-dealkylation sites (N-methyl/N-ethyl adjacent to an activating group) is 1. The Morgan fingerprint density at radius 3 is 2.76 bits per heavy atom. The van der Waals surface area contributed by atoms with Crippen LogP contribution in [0.15, 0.2) is 42.5 Å². The van der Waals surface area contributed by atoms with Gasteiger partial charge in [0, 0.05) is 23.7 Å². The molecule has 0 atom stereocenters. The monoisotopic (exact) mass is 431 g/mol. The standard InChI is InChI=1S/C22H26ClN3O2S/c1-4-5-13-28-18-8-6-7-16(14-18)21(27)26(12-11-25(2)3)22-24-19-10-9-17(23)15-20(19)29-22/h6-10,14-15H,4-5,11-13H2,1-3H3. The Bertz CT molecular complexity index is 974. The van der Waals surface area contributed by atoms with Gasteiger partial charge in [0.15, 0.2) is 5.13 Å². The van der Waals surface area contributed by atoms with E-state index in [0.717, 1.165) is 29.6 Å². The summed E-state index contributed by atoms with van der Waals surface area (Å²) in [5.41, 5.74) is 1.43. The first kappa shape index (κ1) is 21.6. The number of thiazole rings is 1. The van der Waals surface area contributed by atoms with Gasteiger partial charge >= 0.3 is 0 Å². The van der Waals surface area contributed by atoms with Crippen molar-refractivity contribution in [1.29, 1.82) is 0 Å². The average molecular weight is 432 g/mol. The van der Waals surface area contributed by atoms with Crippen molar-refractivity contribution in [3.63, 3.8) is 0 Å². The molecule has 0 saturated heterocycles. The molecule has 29 heavy (non-hydrogen) atoms. The fourth-order valence-corrected chi connectivity index (χ4v) is 4.06. The van der Waals surface area contributed by atoms with Crippen LogP contribution in [0.4, 0.5) is 5.13 Å². The minimum Gasteiger partial charge on any atom is -0.494 e. The molecule has 154 valence electrons. The lowest BCUT2D eigenvalue weighted by Crippen LogP contribution is -2.36. The maximum absolute atomic E-state index is 13.4. The molecule has 0 aliphatic rings. The number of carbonyl (C=O) groups is 1. The number of benzene rings is 2. The second kappa shape index (κ2) is 10.1. The van der Waals surface area contributed by atoms with Crippen LogP contribution in [0.1, 0.15) is 30.1 Å². The van der Waals surface area contributed by atoms with Crippen LogP contribution < -0.4 is 9.64 Å². The number of halogens is 1. The molecule has 0 aliphatic carbocycles. The molecule has 0 unspecified atom stereocenters. The molecule has 0 fully saturated rings. The van der Waals surface area contributed by atoms with Crippen LogP contribution in [0.25, 0.3) is 10.2 Å². The van der Waals surface area contributed by atoms with Gasteiger partial charge < -0.3 is 9.64 Å². The third kappa shape index (κ3) is 5.69. The van der Waals surface area contributed by atoms with Gasteiger partial charge in [-0.15, -0.1) is 0 Å². The molecule has 0 N–H and O–H groups in total. The normalized spacial score (nSPS) is 11.2. The number of fused-ring (bicyclic) bond motifs is 1. The number of amides is 1. The second-order valence-corrected chi connectivity index (χ2v) is 8.54. The highest BCUT2D eigenvalue weighted by molar-refractivity contribution is 7.22. The van der Waals surface area contributed by atoms with Crippen LogP contribution >= 0.6 is 22.9 Å². The van der Waals surface area contributed by atoms with E-state index < -0.39 is 0 Å². The van der Waals surface area contributed by atoms with Crippen LogP contribution in [-0.4, -0.2) is 49.6 Å². The molecule has 0 aliphatic heterocycles. The van der Waals surface area contributed by atoms with Gasteiger partial charge in [0.25, 0.3) is 5.91 Å². The lowest BCUT2D eigenvalue weighted by atomic mass is 10.2. The molecular weight excluding hydrogens is 406 g/mol. The number of unbranched alkanes of at least 4 members (excludes halogenated alkanes) is 1. The zero-order valence-corrected chi connectivity index (χ0v) is 18.6. The highest BCUT2D eigenvalue weighted by atomic mass is 35.5. The van der Waals surface area contributed by atoms with Crippen LogP contribution in [0.2, 0.25) is 5.02 Å². The van der Waals surface area contributed by atoms with E-state index in [1.165, 1.54) is 11.3 Å². The highest BCUT2D eigenvalue weighted by Crippen LogP contribution is 2.31. The molecule has 1 aromatic heterocycles. The molecule has 0 saturated carbocycles. The van der Waals surface area contributed by atoms with Crippen molar-refractivity contribution in [3.8, 4) is 5.75 Å². The van der Waals surface area contributed by atoms with Crippen molar-refractivity contribution in [2.75, 3.05) is 38.7 Å². The molecule has 2 aromatic carbocycles. The molecule has 3 rings (SSSR count). The number of hydrogen-bond donors (Lipinski definition) is 0. The lowest BCUT2D eigenvalue weighted by molar-refractivity contribution is 0.0984. The number of carbonyl (C=O) groups excluding carboxylic acids is 1. The Morgan fingerprint density at radius 1 is 1.17 bits per heavy atom. The van der Waals surface area contributed by atoms with Crippen molar-refractivity contribution in [3.05, 3.63) is 53.1 Å². The first-order valence-electron chi connectivity index (χ1n) is 9.73. The summed E-state index contributed by atoms with van der Waals surface area (Å²) in [5, 5.41) is 1.34. The number of anilines is 1. The molecule has 1 heterocycles. The maximum atomic E-state index is 13.4. The van der Waals surface area contributed by atoms with E-state index in [2.05, 4.69) is 16.8 Å². The lowest BCUT2D eigenvalue weighted by Gasteiger charge is -2.22. The summed E-state index contributed by atoms with van der Waals surface area (Å²) >= 11 is 7.59. The third-order valence-electron chi connectivity index (χ3n) is 4.43. The van der Waals surface area contributed by atoms with E-state index in [4.69, 9.17) is 16.3 Å². The molecule has 0 radical (unpaired) electrons. The maximum Gasteiger partial charge on any atom is 0.260 e. The number of nitrogens with zero attached hydrogens (tertiary/aromatic N) is 3. The van der Waals surface area contributed by atoms with Gasteiger partial charge in [0.1, 0.15) is 5.75 Å². The van der Waals surface area contributed by atoms with Crippen molar-refractivity contribution in [2.24, 2.45) is 0 Å². The van der Waals surface area contributed by atoms with Crippen molar-refractivity contribution < 1.29 is 9.53 Å². The van der Waals surface area contributed by atoms with Gasteiger partial charge in [-0.3, -0.25) is 9.69 Å².